The standard InChI is InChI=1S/C17H34N2O2/c1-6-17(16(20)21,18-15-8-9-15)10-7-11-19(5)14(4)12-13(2)3/h13-15,18H,6-12H2,1-5H3,(H,20,21). The zero-order valence-corrected chi connectivity index (χ0v) is 14.5. The van der Waals surface area contributed by atoms with E-state index in [9.17, 15) is 9.90 Å². The lowest BCUT2D eigenvalue weighted by Gasteiger charge is -2.32. The highest BCUT2D eigenvalue weighted by atomic mass is 16.4. The van der Waals surface area contributed by atoms with E-state index in [1.807, 2.05) is 6.92 Å². The first-order valence-corrected chi connectivity index (χ1v) is 8.52. The van der Waals surface area contributed by atoms with Crippen molar-refractivity contribution in [3.8, 4) is 0 Å². The molecule has 0 aromatic rings. The fourth-order valence-corrected chi connectivity index (χ4v) is 3.00. The second-order valence-corrected chi connectivity index (χ2v) is 7.22. The highest BCUT2D eigenvalue weighted by molar-refractivity contribution is 5.78. The number of carbonyl (C=O) groups is 1. The molecule has 1 saturated carbocycles. The SMILES string of the molecule is CCC(CCCN(C)C(C)CC(C)C)(NC1CC1)C(=O)O. The average molecular weight is 298 g/mol. The molecule has 0 heterocycles. The van der Waals surface area contributed by atoms with E-state index >= 15 is 0 Å². The van der Waals surface area contributed by atoms with Crippen molar-refractivity contribution in [1.29, 1.82) is 0 Å². The molecule has 0 bridgehead atoms. The maximum Gasteiger partial charge on any atom is 0.323 e. The van der Waals surface area contributed by atoms with E-state index in [0.29, 0.717) is 30.8 Å². The van der Waals surface area contributed by atoms with E-state index in [1.165, 1.54) is 6.42 Å². The molecule has 0 aromatic heterocycles. The summed E-state index contributed by atoms with van der Waals surface area (Å²) in [6.07, 6.45) is 5.74. The van der Waals surface area contributed by atoms with E-state index < -0.39 is 11.5 Å². The van der Waals surface area contributed by atoms with Gasteiger partial charge in [0.25, 0.3) is 0 Å². The number of nitrogens with zero attached hydrogens (tertiary/aromatic N) is 1. The third kappa shape index (κ3) is 5.95. The van der Waals surface area contributed by atoms with Crippen LogP contribution in [0.5, 0.6) is 0 Å². The van der Waals surface area contributed by atoms with Gasteiger partial charge in [0.15, 0.2) is 0 Å². The molecule has 0 aromatic carbocycles. The van der Waals surface area contributed by atoms with Crippen LogP contribution in [0, 0.1) is 5.92 Å². The highest BCUT2D eigenvalue weighted by Gasteiger charge is 2.40. The normalized spacial score (nSPS) is 19.8. The van der Waals surface area contributed by atoms with Gasteiger partial charge in [-0.2, -0.15) is 0 Å². The maximum absolute atomic E-state index is 11.7. The third-order valence-corrected chi connectivity index (χ3v) is 4.75. The second kappa shape index (κ2) is 8.14. The van der Waals surface area contributed by atoms with Crippen LogP contribution in [0.4, 0.5) is 0 Å². The molecule has 2 N–H and O–H groups in total. The smallest absolute Gasteiger partial charge is 0.323 e. The third-order valence-electron chi connectivity index (χ3n) is 4.75. The van der Waals surface area contributed by atoms with Gasteiger partial charge >= 0.3 is 5.97 Å². The molecule has 0 aliphatic heterocycles. The van der Waals surface area contributed by atoms with Gasteiger partial charge in [-0.25, -0.2) is 0 Å². The predicted octanol–water partition coefficient (Wildman–Crippen LogP) is 3.12. The minimum absolute atomic E-state index is 0.429. The number of carboxylic acid groups (broad SMARTS) is 1. The lowest BCUT2D eigenvalue weighted by atomic mass is 9.90. The van der Waals surface area contributed by atoms with E-state index in [1.54, 1.807) is 0 Å². The van der Waals surface area contributed by atoms with Gasteiger partial charge in [-0.1, -0.05) is 20.8 Å². The molecule has 1 aliphatic rings. The van der Waals surface area contributed by atoms with Gasteiger partial charge in [0, 0.05) is 12.1 Å². The van der Waals surface area contributed by atoms with Crippen LogP contribution in [-0.2, 0) is 4.79 Å². The first-order valence-electron chi connectivity index (χ1n) is 8.52. The molecule has 2 unspecified atom stereocenters. The molecule has 1 fully saturated rings. The molecule has 0 radical (unpaired) electrons. The number of carboxylic acids is 1. The highest BCUT2D eigenvalue weighted by Crippen LogP contribution is 2.27. The van der Waals surface area contributed by atoms with Gasteiger partial charge < -0.3 is 10.0 Å². The van der Waals surface area contributed by atoms with E-state index in [-0.39, 0.29) is 0 Å². The Kier molecular flexibility index (Phi) is 7.14. The van der Waals surface area contributed by atoms with Crippen molar-refractivity contribution in [2.75, 3.05) is 13.6 Å². The van der Waals surface area contributed by atoms with Gasteiger partial charge in [0.2, 0.25) is 0 Å². The quantitative estimate of drug-likeness (QED) is 0.615. The van der Waals surface area contributed by atoms with Crippen molar-refractivity contribution >= 4 is 5.97 Å². The summed E-state index contributed by atoms with van der Waals surface area (Å²) in [5.74, 6) is 0.0162. The number of hydrogen-bond donors (Lipinski definition) is 2. The first kappa shape index (κ1) is 18.4. The van der Waals surface area contributed by atoms with Crippen LogP contribution in [0.15, 0.2) is 0 Å². The van der Waals surface area contributed by atoms with E-state index in [4.69, 9.17) is 0 Å². The van der Waals surface area contributed by atoms with Crippen LogP contribution >= 0.6 is 0 Å². The largest absolute Gasteiger partial charge is 0.480 e. The van der Waals surface area contributed by atoms with Crippen molar-refractivity contribution in [2.45, 2.75) is 83.8 Å². The average Bonchev–Trinajstić information content (AvgIpc) is 3.20. The Morgan fingerprint density at radius 2 is 2.00 bits per heavy atom. The van der Waals surface area contributed by atoms with Crippen LogP contribution in [0.3, 0.4) is 0 Å². The van der Waals surface area contributed by atoms with E-state index in [2.05, 4.69) is 38.0 Å². The minimum atomic E-state index is -0.719. The lowest BCUT2D eigenvalue weighted by Crippen LogP contribution is -2.53. The summed E-state index contributed by atoms with van der Waals surface area (Å²) in [6.45, 7) is 9.70. The van der Waals surface area contributed by atoms with Crippen LogP contribution in [0.1, 0.15) is 66.2 Å². The summed E-state index contributed by atoms with van der Waals surface area (Å²) in [7, 11) is 2.15. The lowest BCUT2D eigenvalue weighted by molar-refractivity contribution is -0.145. The van der Waals surface area contributed by atoms with Crippen molar-refractivity contribution in [3.05, 3.63) is 0 Å². The van der Waals surface area contributed by atoms with Crippen LogP contribution in [-0.4, -0.2) is 47.2 Å². The Balaban J connectivity index is 2.43. The molecule has 1 rings (SSSR count). The van der Waals surface area contributed by atoms with Gasteiger partial charge in [0.1, 0.15) is 5.54 Å². The Bertz CT molecular complexity index is 329. The summed E-state index contributed by atoms with van der Waals surface area (Å²) in [5, 5.41) is 13.0. The van der Waals surface area contributed by atoms with Crippen LogP contribution in [0.25, 0.3) is 0 Å². The summed E-state index contributed by atoms with van der Waals surface area (Å²) >= 11 is 0. The molecule has 4 heteroatoms. The summed E-state index contributed by atoms with van der Waals surface area (Å²) in [6, 6.07) is 0.987. The summed E-state index contributed by atoms with van der Waals surface area (Å²) < 4.78 is 0. The van der Waals surface area contributed by atoms with Gasteiger partial charge in [-0.3, -0.25) is 10.1 Å². The van der Waals surface area contributed by atoms with Gasteiger partial charge in [-0.15, -0.1) is 0 Å². The molecule has 0 amide bonds. The fraction of sp³-hybridized carbons (Fsp3) is 0.941. The molecule has 0 spiro atoms. The second-order valence-electron chi connectivity index (χ2n) is 7.22. The molecule has 124 valence electrons. The van der Waals surface area contributed by atoms with Crippen molar-refractivity contribution < 1.29 is 9.90 Å². The zero-order valence-electron chi connectivity index (χ0n) is 14.5. The Morgan fingerprint density at radius 3 is 2.43 bits per heavy atom. The number of nitrogens with one attached hydrogen (secondary N) is 1. The number of aliphatic carboxylic acids is 1. The number of hydrogen-bond acceptors (Lipinski definition) is 3. The first-order chi connectivity index (χ1) is 9.80. The maximum atomic E-state index is 11.7. The molecule has 0 saturated heterocycles. The Labute approximate surface area is 130 Å². The summed E-state index contributed by atoms with van der Waals surface area (Å²) in [4.78, 5) is 14.1. The molecule has 2 atom stereocenters. The Morgan fingerprint density at radius 1 is 1.38 bits per heavy atom. The van der Waals surface area contributed by atoms with Gasteiger partial charge in [-0.05, 0) is 65.0 Å². The minimum Gasteiger partial charge on any atom is -0.480 e. The Hall–Kier alpha value is -0.610. The fourth-order valence-electron chi connectivity index (χ4n) is 3.00. The predicted molar refractivity (Wildman–Crippen MR) is 87.6 cm³/mol. The zero-order chi connectivity index (χ0) is 16.0. The monoisotopic (exact) mass is 298 g/mol. The number of rotatable bonds is 11. The van der Waals surface area contributed by atoms with E-state index in [0.717, 1.165) is 25.8 Å². The van der Waals surface area contributed by atoms with Gasteiger partial charge in [0.05, 0.1) is 0 Å². The molecule has 1 aliphatic carbocycles. The summed E-state index contributed by atoms with van der Waals surface area (Å²) in [5.41, 5.74) is -0.719. The molecule has 4 nitrogen and oxygen atoms in total. The van der Waals surface area contributed by atoms with Crippen LogP contribution < -0.4 is 5.32 Å². The van der Waals surface area contributed by atoms with Crippen molar-refractivity contribution in [2.24, 2.45) is 5.92 Å². The molecule has 21 heavy (non-hydrogen) atoms. The molecular weight excluding hydrogens is 264 g/mol. The topological polar surface area (TPSA) is 52.6 Å². The van der Waals surface area contributed by atoms with Crippen molar-refractivity contribution in [1.82, 2.24) is 10.2 Å². The van der Waals surface area contributed by atoms with Crippen molar-refractivity contribution in [3.63, 3.8) is 0 Å². The van der Waals surface area contributed by atoms with Crippen LogP contribution in [0.2, 0.25) is 0 Å². The molecular formula is C17H34N2O2.